The largest absolute Gasteiger partial charge is 0.296 e. The molecule has 0 amide bonds. The first kappa shape index (κ1) is 10.5. The van der Waals surface area contributed by atoms with E-state index < -0.39 is 10.1 Å². The highest BCUT2D eigenvalue weighted by Crippen LogP contribution is 2.29. The fraction of sp³-hybridized carbons (Fsp3) is 0. The van der Waals surface area contributed by atoms with E-state index in [1.54, 1.807) is 18.2 Å². The number of aromatic nitrogens is 1. The standard InChI is InChI=1S/C9H6BrNO3S/c10-8-2-1-6-5-11-4-3-7(6)9(8)15(12,13)14/h1-5H,(H,12,13,14). The van der Waals surface area contributed by atoms with Gasteiger partial charge in [-0.25, -0.2) is 0 Å². The second kappa shape index (κ2) is 3.55. The Labute approximate surface area is 94.8 Å². The summed E-state index contributed by atoms with van der Waals surface area (Å²) < 4.78 is 31.8. The van der Waals surface area contributed by atoms with Gasteiger partial charge in [0.05, 0.1) is 0 Å². The second-order valence-electron chi connectivity index (χ2n) is 2.95. The lowest BCUT2D eigenvalue weighted by Crippen LogP contribution is -2.00. The van der Waals surface area contributed by atoms with Crippen LogP contribution in [0.1, 0.15) is 0 Å². The Morgan fingerprint density at radius 3 is 2.67 bits per heavy atom. The van der Waals surface area contributed by atoms with Gasteiger partial charge in [0.25, 0.3) is 10.1 Å². The molecular weight excluding hydrogens is 282 g/mol. The highest BCUT2D eigenvalue weighted by molar-refractivity contribution is 9.10. The summed E-state index contributed by atoms with van der Waals surface area (Å²) in [5.41, 5.74) is 0. The molecule has 0 unspecified atom stereocenters. The van der Waals surface area contributed by atoms with E-state index in [0.29, 0.717) is 15.2 Å². The Bertz CT molecular complexity index is 624. The molecule has 0 atom stereocenters. The smallest absolute Gasteiger partial charge is 0.282 e. The van der Waals surface area contributed by atoms with E-state index in [1.165, 1.54) is 12.4 Å². The normalized spacial score (nSPS) is 11.9. The van der Waals surface area contributed by atoms with Crippen molar-refractivity contribution in [3.05, 3.63) is 35.1 Å². The summed E-state index contributed by atoms with van der Waals surface area (Å²) in [6.45, 7) is 0. The highest BCUT2D eigenvalue weighted by Gasteiger charge is 2.17. The Morgan fingerprint density at radius 1 is 1.27 bits per heavy atom. The summed E-state index contributed by atoms with van der Waals surface area (Å²) in [5.74, 6) is 0. The lowest BCUT2D eigenvalue weighted by atomic mass is 10.2. The Balaban J connectivity index is 2.99. The van der Waals surface area contributed by atoms with Crippen molar-refractivity contribution in [3.8, 4) is 0 Å². The van der Waals surface area contributed by atoms with Crippen molar-refractivity contribution in [1.82, 2.24) is 4.98 Å². The molecule has 6 heteroatoms. The van der Waals surface area contributed by atoms with E-state index in [2.05, 4.69) is 20.9 Å². The molecule has 1 heterocycles. The molecule has 1 aromatic carbocycles. The molecule has 2 rings (SSSR count). The summed E-state index contributed by atoms with van der Waals surface area (Å²) in [7, 11) is -4.23. The van der Waals surface area contributed by atoms with Gasteiger partial charge in [0.1, 0.15) is 4.90 Å². The molecule has 0 radical (unpaired) electrons. The molecule has 1 aromatic heterocycles. The average Bonchev–Trinajstić information content (AvgIpc) is 2.15. The maximum absolute atomic E-state index is 11.2. The first-order valence-electron chi connectivity index (χ1n) is 4.00. The minimum Gasteiger partial charge on any atom is -0.282 e. The first-order valence-corrected chi connectivity index (χ1v) is 6.23. The van der Waals surface area contributed by atoms with Crippen LogP contribution in [-0.2, 0) is 10.1 Å². The second-order valence-corrected chi connectivity index (χ2v) is 5.16. The number of pyridine rings is 1. The van der Waals surface area contributed by atoms with Crippen molar-refractivity contribution in [2.45, 2.75) is 4.90 Å². The summed E-state index contributed by atoms with van der Waals surface area (Å²) in [6, 6.07) is 4.83. The van der Waals surface area contributed by atoms with Crippen LogP contribution in [0.25, 0.3) is 10.8 Å². The van der Waals surface area contributed by atoms with Gasteiger partial charge < -0.3 is 0 Å². The summed E-state index contributed by atoms with van der Waals surface area (Å²) in [5, 5.41) is 1.11. The van der Waals surface area contributed by atoms with Crippen LogP contribution in [0.4, 0.5) is 0 Å². The van der Waals surface area contributed by atoms with Gasteiger partial charge in [0.2, 0.25) is 0 Å². The topological polar surface area (TPSA) is 67.3 Å². The molecule has 0 aliphatic rings. The first-order chi connectivity index (χ1) is 7.00. The van der Waals surface area contributed by atoms with Gasteiger partial charge in [-0.2, -0.15) is 8.42 Å². The molecule has 0 aliphatic heterocycles. The zero-order chi connectivity index (χ0) is 11.1. The maximum Gasteiger partial charge on any atom is 0.296 e. The van der Waals surface area contributed by atoms with Gasteiger partial charge in [0.15, 0.2) is 0 Å². The van der Waals surface area contributed by atoms with Crippen LogP contribution < -0.4 is 0 Å². The SMILES string of the molecule is O=S(=O)(O)c1c(Br)ccc2cnccc12. The molecule has 0 aliphatic carbocycles. The summed E-state index contributed by atoms with van der Waals surface area (Å²) in [6.07, 6.45) is 3.01. The molecule has 0 saturated heterocycles. The van der Waals surface area contributed by atoms with Crippen LogP contribution >= 0.6 is 15.9 Å². The number of fused-ring (bicyclic) bond motifs is 1. The van der Waals surface area contributed by atoms with Gasteiger partial charge in [-0.15, -0.1) is 0 Å². The van der Waals surface area contributed by atoms with Crippen LogP contribution in [0.5, 0.6) is 0 Å². The van der Waals surface area contributed by atoms with Gasteiger partial charge in [-0.3, -0.25) is 9.54 Å². The molecule has 0 fully saturated rings. The number of benzene rings is 1. The van der Waals surface area contributed by atoms with E-state index in [-0.39, 0.29) is 4.90 Å². The van der Waals surface area contributed by atoms with Gasteiger partial charge in [0, 0.05) is 27.6 Å². The lowest BCUT2D eigenvalue weighted by Gasteiger charge is -2.05. The van der Waals surface area contributed by atoms with Crippen LogP contribution in [0, 0.1) is 0 Å². The molecule has 0 saturated carbocycles. The van der Waals surface area contributed by atoms with Crippen molar-refractivity contribution >= 4 is 36.8 Å². The van der Waals surface area contributed by atoms with E-state index in [0.717, 1.165) is 0 Å². The molecule has 0 spiro atoms. The number of hydrogen-bond acceptors (Lipinski definition) is 3. The van der Waals surface area contributed by atoms with Crippen LogP contribution in [0.2, 0.25) is 0 Å². The predicted molar refractivity (Wildman–Crippen MR) is 59.3 cm³/mol. The molecule has 0 bridgehead atoms. The summed E-state index contributed by atoms with van der Waals surface area (Å²) >= 11 is 3.09. The lowest BCUT2D eigenvalue weighted by molar-refractivity contribution is 0.483. The number of rotatable bonds is 1. The molecular formula is C9H6BrNO3S. The Hall–Kier alpha value is -0.980. The quantitative estimate of drug-likeness (QED) is 0.817. The van der Waals surface area contributed by atoms with Crippen molar-refractivity contribution in [2.24, 2.45) is 0 Å². The zero-order valence-electron chi connectivity index (χ0n) is 7.38. The van der Waals surface area contributed by atoms with E-state index in [1.807, 2.05) is 0 Å². The van der Waals surface area contributed by atoms with Gasteiger partial charge in [-0.05, 0) is 28.1 Å². The molecule has 1 N–H and O–H groups in total. The Kier molecular flexibility index (Phi) is 2.49. The number of hydrogen-bond donors (Lipinski definition) is 1. The third-order valence-electron chi connectivity index (χ3n) is 1.98. The number of nitrogens with zero attached hydrogens (tertiary/aromatic N) is 1. The molecule has 4 nitrogen and oxygen atoms in total. The monoisotopic (exact) mass is 287 g/mol. The van der Waals surface area contributed by atoms with Gasteiger partial charge >= 0.3 is 0 Å². The molecule has 2 aromatic rings. The highest BCUT2D eigenvalue weighted by atomic mass is 79.9. The number of halogens is 1. The minimum atomic E-state index is -4.23. The average molecular weight is 288 g/mol. The van der Waals surface area contributed by atoms with Crippen molar-refractivity contribution in [1.29, 1.82) is 0 Å². The van der Waals surface area contributed by atoms with E-state index in [9.17, 15) is 8.42 Å². The fourth-order valence-corrected chi connectivity index (χ4v) is 3.11. The molecule has 78 valence electrons. The third-order valence-corrected chi connectivity index (χ3v) is 3.86. The van der Waals surface area contributed by atoms with Crippen molar-refractivity contribution < 1.29 is 13.0 Å². The van der Waals surface area contributed by atoms with Crippen LogP contribution in [0.3, 0.4) is 0 Å². The van der Waals surface area contributed by atoms with Gasteiger partial charge in [-0.1, -0.05) is 6.07 Å². The third kappa shape index (κ3) is 1.88. The Morgan fingerprint density at radius 2 is 2.00 bits per heavy atom. The van der Waals surface area contributed by atoms with E-state index >= 15 is 0 Å². The van der Waals surface area contributed by atoms with E-state index in [4.69, 9.17) is 4.55 Å². The summed E-state index contributed by atoms with van der Waals surface area (Å²) in [4.78, 5) is 3.75. The predicted octanol–water partition coefficient (Wildman–Crippen LogP) is 2.24. The van der Waals surface area contributed by atoms with Crippen LogP contribution in [-0.4, -0.2) is 18.0 Å². The minimum absolute atomic E-state index is 0.123. The zero-order valence-corrected chi connectivity index (χ0v) is 9.79. The molecule has 15 heavy (non-hydrogen) atoms. The van der Waals surface area contributed by atoms with Crippen molar-refractivity contribution in [2.75, 3.05) is 0 Å². The van der Waals surface area contributed by atoms with Crippen molar-refractivity contribution in [3.63, 3.8) is 0 Å². The van der Waals surface area contributed by atoms with Crippen LogP contribution in [0.15, 0.2) is 40.0 Å². The maximum atomic E-state index is 11.2. The fourth-order valence-electron chi connectivity index (χ4n) is 1.38.